The van der Waals surface area contributed by atoms with Crippen LogP contribution in [0.1, 0.15) is 31.2 Å². The Morgan fingerprint density at radius 1 is 1.31 bits per heavy atom. The Kier molecular flexibility index (Phi) is 6.87. The number of aliphatic hydroxyl groups is 1. The monoisotopic (exact) mass is 545 g/mol. The van der Waals surface area contributed by atoms with Gasteiger partial charge >= 0.3 is 5.51 Å². The van der Waals surface area contributed by atoms with E-state index in [-0.39, 0.29) is 46.2 Å². The van der Waals surface area contributed by atoms with Crippen LogP contribution in [0.2, 0.25) is 0 Å². The van der Waals surface area contributed by atoms with E-state index < -0.39 is 35.8 Å². The molecule has 14 heteroatoms. The highest BCUT2D eigenvalue weighted by Crippen LogP contribution is 2.50. The summed E-state index contributed by atoms with van der Waals surface area (Å²) in [6, 6.07) is 3.84. The standard InChI is InChI=1S/C22H23F4N5O3S2/c1-31-8-7-12(11(23)9-31)27-13-4-2-3-10-16(13)35-18(17(10)36-22(24,25)26)19-29-21(34-30-19)14-5-6-15(32)20(33)28-14/h2-4,11-12,14-15,27,32H,5-9H2,1H3,(H,28,33)/t11-,12+,14+,15+/m0/s1. The highest BCUT2D eigenvalue weighted by Gasteiger charge is 2.36. The molecule has 0 spiro atoms. The number of hydrogen-bond acceptors (Lipinski definition) is 9. The van der Waals surface area contributed by atoms with E-state index in [0.717, 1.165) is 11.3 Å². The third-order valence-electron chi connectivity index (χ3n) is 6.26. The van der Waals surface area contributed by atoms with Crippen molar-refractivity contribution >= 4 is 44.8 Å². The number of anilines is 1. The van der Waals surface area contributed by atoms with Crippen LogP contribution in [-0.2, 0) is 4.79 Å². The summed E-state index contributed by atoms with van der Waals surface area (Å²) in [6.45, 7) is 0.984. The first-order valence-electron chi connectivity index (χ1n) is 11.3. The Hall–Kier alpha value is -2.42. The molecule has 2 fully saturated rings. The van der Waals surface area contributed by atoms with E-state index in [1.165, 1.54) is 0 Å². The molecule has 8 nitrogen and oxygen atoms in total. The third kappa shape index (κ3) is 5.17. The molecule has 0 bridgehead atoms. The SMILES string of the molecule is CN1CC[C@@H](Nc2cccc3c(SC(F)(F)F)c(-c4noc([C@H]5CC[C@@H](O)C(=O)N5)n4)sc23)[C@@H](F)C1. The summed E-state index contributed by atoms with van der Waals surface area (Å²) >= 11 is 0.804. The minimum atomic E-state index is -4.57. The van der Waals surface area contributed by atoms with Gasteiger partial charge in [-0.1, -0.05) is 17.3 Å². The molecule has 2 aliphatic heterocycles. The number of nitrogens with zero attached hydrogens (tertiary/aromatic N) is 3. The van der Waals surface area contributed by atoms with Crippen molar-refractivity contribution in [3.05, 3.63) is 24.1 Å². The lowest BCUT2D eigenvalue weighted by Gasteiger charge is -2.33. The number of aliphatic hydroxyl groups excluding tert-OH is 1. The van der Waals surface area contributed by atoms with Crippen LogP contribution in [0.15, 0.2) is 27.6 Å². The largest absolute Gasteiger partial charge is 0.446 e. The molecule has 0 saturated carbocycles. The van der Waals surface area contributed by atoms with Gasteiger partial charge in [0.2, 0.25) is 17.6 Å². The lowest BCUT2D eigenvalue weighted by Crippen LogP contribution is -2.46. The Morgan fingerprint density at radius 2 is 2.11 bits per heavy atom. The molecule has 2 saturated heterocycles. The van der Waals surface area contributed by atoms with Gasteiger partial charge < -0.3 is 25.2 Å². The summed E-state index contributed by atoms with van der Waals surface area (Å²) in [6.07, 6.45) is -1.13. The molecule has 194 valence electrons. The topological polar surface area (TPSA) is 104 Å². The maximum absolute atomic E-state index is 14.7. The smallest absolute Gasteiger partial charge is 0.383 e. The first-order chi connectivity index (χ1) is 17.1. The fourth-order valence-electron chi connectivity index (χ4n) is 4.44. The van der Waals surface area contributed by atoms with Gasteiger partial charge in [-0.15, -0.1) is 11.3 Å². The highest BCUT2D eigenvalue weighted by molar-refractivity contribution is 8.00. The number of hydrogen-bond donors (Lipinski definition) is 3. The molecule has 0 unspecified atom stereocenters. The van der Waals surface area contributed by atoms with Crippen LogP contribution in [0, 0.1) is 0 Å². The quantitative estimate of drug-likeness (QED) is 0.322. The number of piperidine rings is 2. The van der Waals surface area contributed by atoms with Gasteiger partial charge in [-0.3, -0.25) is 4.79 Å². The van der Waals surface area contributed by atoms with Crippen molar-refractivity contribution in [1.29, 1.82) is 0 Å². The summed E-state index contributed by atoms with van der Waals surface area (Å²) in [5, 5.41) is 19.6. The van der Waals surface area contributed by atoms with Crippen molar-refractivity contribution in [1.82, 2.24) is 20.4 Å². The number of carbonyl (C=O) groups excluding carboxylic acids is 1. The number of aromatic nitrogens is 2. The fourth-order valence-corrected chi connectivity index (χ4v) is 6.55. The Labute approximate surface area is 211 Å². The molecular formula is C22H23F4N5O3S2. The number of rotatable bonds is 5. The molecular weight excluding hydrogens is 522 g/mol. The van der Waals surface area contributed by atoms with E-state index >= 15 is 0 Å². The van der Waals surface area contributed by atoms with E-state index in [1.807, 2.05) is 11.9 Å². The van der Waals surface area contributed by atoms with Gasteiger partial charge in [-0.25, -0.2) is 4.39 Å². The van der Waals surface area contributed by atoms with Gasteiger partial charge in [-0.2, -0.15) is 18.2 Å². The molecule has 4 heterocycles. The number of thioether (sulfide) groups is 1. The van der Waals surface area contributed by atoms with Gasteiger partial charge in [0.1, 0.15) is 18.3 Å². The number of carbonyl (C=O) groups is 1. The molecule has 2 aromatic heterocycles. The zero-order chi connectivity index (χ0) is 25.6. The molecule has 5 rings (SSSR count). The molecule has 0 aliphatic carbocycles. The zero-order valence-electron chi connectivity index (χ0n) is 19.0. The second-order valence-electron chi connectivity index (χ2n) is 8.92. The van der Waals surface area contributed by atoms with Crippen LogP contribution in [0.5, 0.6) is 0 Å². The van der Waals surface area contributed by atoms with Crippen molar-refractivity contribution in [2.75, 3.05) is 25.5 Å². The summed E-state index contributed by atoms with van der Waals surface area (Å²) in [7, 11) is 1.84. The van der Waals surface area contributed by atoms with Crippen LogP contribution in [-0.4, -0.2) is 70.0 Å². The minimum Gasteiger partial charge on any atom is -0.383 e. The van der Waals surface area contributed by atoms with Crippen LogP contribution in [0.3, 0.4) is 0 Å². The van der Waals surface area contributed by atoms with E-state index in [9.17, 15) is 27.5 Å². The van der Waals surface area contributed by atoms with Crippen LogP contribution in [0.25, 0.3) is 20.8 Å². The summed E-state index contributed by atoms with van der Waals surface area (Å²) in [5.74, 6) is -0.556. The second-order valence-corrected chi connectivity index (χ2v) is 11.0. The third-order valence-corrected chi connectivity index (χ3v) is 8.49. The summed E-state index contributed by atoms with van der Waals surface area (Å²) in [4.78, 5) is 18.1. The van der Waals surface area contributed by atoms with Gasteiger partial charge in [-0.05, 0) is 44.1 Å². The first kappa shape index (κ1) is 25.2. The van der Waals surface area contributed by atoms with Gasteiger partial charge in [0.15, 0.2) is 0 Å². The average molecular weight is 546 g/mol. The van der Waals surface area contributed by atoms with E-state index in [4.69, 9.17) is 4.52 Å². The average Bonchev–Trinajstić information content (AvgIpc) is 3.42. The summed E-state index contributed by atoms with van der Waals surface area (Å²) in [5.41, 5.74) is -4.02. The number of thiophene rings is 1. The predicted molar refractivity (Wildman–Crippen MR) is 128 cm³/mol. The normalized spacial score (nSPS) is 25.8. The molecule has 36 heavy (non-hydrogen) atoms. The summed E-state index contributed by atoms with van der Waals surface area (Å²) < 4.78 is 61.1. The molecule has 4 atom stereocenters. The first-order valence-corrected chi connectivity index (χ1v) is 12.9. The maximum Gasteiger partial charge on any atom is 0.446 e. The molecule has 3 aromatic rings. The zero-order valence-corrected chi connectivity index (χ0v) is 20.6. The molecule has 1 amide bonds. The molecule has 1 aromatic carbocycles. The number of benzene rings is 1. The number of amides is 1. The van der Waals surface area contributed by atoms with Crippen LogP contribution < -0.4 is 10.6 Å². The van der Waals surface area contributed by atoms with E-state index in [2.05, 4.69) is 20.8 Å². The van der Waals surface area contributed by atoms with Crippen LogP contribution in [0.4, 0.5) is 23.2 Å². The van der Waals surface area contributed by atoms with Crippen LogP contribution >= 0.6 is 23.1 Å². The lowest BCUT2D eigenvalue weighted by atomic mass is 10.0. The Morgan fingerprint density at radius 3 is 2.83 bits per heavy atom. The number of likely N-dealkylation sites (tertiary alicyclic amines) is 1. The van der Waals surface area contributed by atoms with Gasteiger partial charge in [0.05, 0.1) is 21.3 Å². The van der Waals surface area contributed by atoms with E-state index in [1.54, 1.807) is 18.2 Å². The van der Waals surface area contributed by atoms with E-state index in [0.29, 0.717) is 35.2 Å². The van der Waals surface area contributed by atoms with Crippen molar-refractivity contribution in [2.45, 2.75) is 54.0 Å². The minimum absolute atomic E-state index is 0.0352. The number of halogens is 4. The molecule has 0 radical (unpaired) electrons. The molecule has 2 aliphatic rings. The lowest BCUT2D eigenvalue weighted by molar-refractivity contribution is -0.133. The Balaban J connectivity index is 1.51. The second kappa shape index (κ2) is 9.80. The highest BCUT2D eigenvalue weighted by atomic mass is 32.2. The van der Waals surface area contributed by atoms with Crippen molar-refractivity contribution in [2.24, 2.45) is 0 Å². The molecule has 3 N–H and O–H groups in total. The van der Waals surface area contributed by atoms with Gasteiger partial charge in [0.25, 0.3) is 0 Å². The Bertz CT molecular complexity index is 1270. The fraction of sp³-hybridized carbons (Fsp3) is 0.500. The maximum atomic E-state index is 14.7. The van der Waals surface area contributed by atoms with Crippen molar-refractivity contribution in [3.8, 4) is 10.7 Å². The van der Waals surface area contributed by atoms with Crippen molar-refractivity contribution < 1.29 is 32.0 Å². The van der Waals surface area contributed by atoms with Gasteiger partial charge in [0, 0.05) is 23.4 Å². The number of alkyl halides is 4. The number of fused-ring (bicyclic) bond motifs is 1. The van der Waals surface area contributed by atoms with Crippen molar-refractivity contribution in [3.63, 3.8) is 0 Å². The number of nitrogens with one attached hydrogen (secondary N) is 2. The predicted octanol–water partition coefficient (Wildman–Crippen LogP) is 4.33.